The van der Waals surface area contributed by atoms with Crippen molar-refractivity contribution in [3.05, 3.63) is 202 Å². The Balaban J connectivity index is 0.000000258. The molecule has 6 aromatic carbocycles. The van der Waals surface area contributed by atoms with Crippen molar-refractivity contribution in [1.29, 1.82) is 0 Å². The van der Waals surface area contributed by atoms with Gasteiger partial charge in [0.2, 0.25) is 0 Å². The van der Waals surface area contributed by atoms with E-state index in [0.29, 0.717) is 45.7 Å². The number of hydrogen-bond acceptors (Lipinski definition) is 6. The SMILES string of the molecule is C=C(C)C(=O)O/C(C)=C(\C)Oc1ccc(-c2cc(C)c(-c3ccc(CC)cc3)cc2CC)cc1.C=C(C)C(=O)O/C(C)=C(\C)Oc1ccc(-c2cc(CC)c(-c3ccc(CC)cc3)cc2CC)cc1. The van der Waals surface area contributed by atoms with Crippen molar-refractivity contribution in [2.45, 2.75) is 115 Å². The van der Waals surface area contributed by atoms with Crippen LogP contribution >= 0.6 is 0 Å². The summed E-state index contributed by atoms with van der Waals surface area (Å²) in [6.45, 7) is 30.6. The number of benzene rings is 6. The molecule has 6 heteroatoms. The number of allylic oxidation sites excluding steroid dienone is 4. The van der Waals surface area contributed by atoms with Gasteiger partial charge < -0.3 is 18.9 Å². The number of rotatable bonds is 17. The lowest BCUT2D eigenvalue weighted by Gasteiger charge is -2.17. The smallest absolute Gasteiger partial charge is 0.338 e. The average Bonchev–Trinajstić information content (AvgIpc) is 3.36. The molecule has 0 radical (unpaired) electrons. The molecule has 0 fully saturated rings. The Morgan fingerprint density at radius 2 is 0.681 bits per heavy atom. The van der Waals surface area contributed by atoms with E-state index in [1.165, 1.54) is 66.8 Å². The van der Waals surface area contributed by atoms with Crippen LogP contribution in [0.3, 0.4) is 0 Å². The molecule has 0 unspecified atom stereocenters. The first-order chi connectivity index (χ1) is 33.0. The lowest BCUT2D eigenvalue weighted by molar-refractivity contribution is -0.136. The van der Waals surface area contributed by atoms with Gasteiger partial charge in [-0.05, 0) is 183 Å². The summed E-state index contributed by atoms with van der Waals surface area (Å²) in [6, 6.07) is 43.2. The minimum atomic E-state index is -0.456. The minimum absolute atomic E-state index is 0.350. The molecule has 0 N–H and O–H groups in total. The Morgan fingerprint density at radius 1 is 0.391 bits per heavy atom. The Morgan fingerprint density at radius 3 is 0.986 bits per heavy atom. The fourth-order valence-electron chi connectivity index (χ4n) is 7.78. The topological polar surface area (TPSA) is 71.1 Å². The Hall–Kier alpha value is -7.18. The van der Waals surface area contributed by atoms with Crippen LogP contribution in [0.1, 0.15) is 110 Å². The van der Waals surface area contributed by atoms with Crippen molar-refractivity contribution in [1.82, 2.24) is 0 Å². The Labute approximate surface area is 412 Å². The third kappa shape index (κ3) is 13.9. The van der Waals surface area contributed by atoms with Crippen LogP contribution < -0.4 is 9.47 Å². The number of hydrogen-bond donors (Lipinski definition) is 0. The van der Waals surface area contributed by atoms with E-state index in [4.69, 9.17) is 18.9 Å². The van der Waals surface area contributed by atoms with Crippen molar-refractivity contribution in [2.24, 2.45) is 0 Å². The summed E-state index contributed by atoms with van der Waals surface area (Å²) < 4.78 is 22.3. The Kier molecular flexibility index (Phi) is 18.9. The molecule has 0 amide bonds. The van der Waals surface area contributed by atoms with Crippen LogP contribution in [0.2, 0.25) is 0 Å². The lowest BCUT2D eigenvalue weighted by atomic mass is 9.88. The highest BCUT2D eigenvalue weighted by Gasteiger charge is 2.15. The summed E-state index contributed by atoms with van der Waals surface area (Å²) in [7, 11) is 0. The highest BCUT2D eigenvalue weighted by molar-refractivity contribution is 5.88. The molecule has 0 saturated heterocycles. The lowest BCUT2D eigenvalue weighted by Crippen LogP contribution is -2.06. The first-order valence-corrected chi connectivity index (χ1v) is 24.1. The molecule has 0 saturated carbocycles. The van der Waals surface area contributed by atoms with Crippen molar-refractivity contribution < 1.29 is 28.5 Å². The zero-order valence-electron chi connectivity index (χ0n) is 42.9. The summed E-state index contributed by atoms with van der Waals surface area (Å²) in [5.74, 6) is 2.38. The second-order valence-electron chi connectivity index (χ2n) is 17.5. The third-order valence-corrected chi connectivity index (χ3v) is 12.3. The van der Waals surface area contributed by atoms with Gasteiger partial charge in [-0.25, -0.2) is 9.59 Å². The fraction of sp³-hybridized carbons (Fsp3) is 0.270. The van der Waals surface area contributed by atoms with E-state index in [9.17, 15) is 9.59 Å². The van der Waals surface area contributed by atoms with Crippen LogP contribution in [0.25, 0.3) is 44.5 Å². The zero-order chi connectivity index (χ0) is 50.4. The summed E-state index contributed by atoms with van der Waals surface area (Å²) in [5, 5.41) is 0. The number of carbonyl (C=O) groups excluding carboxylic acids is 2. The van der Waals surface area contributed by atoms with Gasteiger partial charge in [0.25, 0.3) is 0 Å². The van der Waals surface area contributed by atoms with E-state index in [0.717, 1.165) is 43.2 Å². The van der Waals surface area contributed by atoms with Gasteiger partial charge in [0.05, 0.1) is 0 Å². The van der Waals surface area contributed by atoms with Gasteiger partial charge in [0.1, 0.15) is 34.5 Å². The first kappa shape index (κ1) is 52.8. The molecule has 0 spiro atoms. The van der Waals surface area contributed by atoms with Crippen molar-refractivity contribution in [3.63, 3.8) is 0 Å². The Bertz CT molecular complexity index is 2840. The maximum Gasteiger partial charge on any atom is 0.338 e. The van der Waals surface area contributed by atoms with Gasteiger partial charge >= 0.3 is 11.9 Å². The average molecular weight is 923 g/mol. The first-order valence-electron chi connectivity index (χ1n) is 24.1. The molecule has 0 aliphatic heterocycles. The monoisotopic (exact) mass is 923 g/mol. The molecule has 0 atom stereocenters. The summed E-state index contributed by atoms with van der Waals surface area (Å²) in [6.07, 6.45) is 4.96. The quantitative estimate of drug-likeness (QED) is 0.0516. The van der Waals surface area contributed by atoms with Crippen molar-refractivity contribution in [2.75, 3.05) is 0 Å². The molecule has 358 valence electrons. The van der Waals surface area contributed by atoms with Gasteiger partial charge in [0, 0.05) is 11.1 Å². The normalized spacial score (nSPS) is 11.6. The van der Waals surface area contributed by atoms with Gasteiger partial charge in [-0.15, -0.1) is 0 Å². The summed E-state index contributed by atoms with van der Waals surface area (Å²) >= 11 is 0. The van der Waals surface area contributed by atoms with Crippen LogP contribution in [-0.4, -0.2) is 11.9 Å². The molecule has 0 aromatic heterocycles. The van der Waals surface area contributed by atoms with Crippen LogP contribution in [0.5, 0.6) is 11.5 Å². The number of aryl methyl sites for hydroxylation is 6. The molecule has 6 rings (SSSR count). The largest absolute Gasteiger partial charge is 0.459 e. The van der Waals surface area contributed by atoms with E-state index >= 15 is 0 Å². The second kappa shape index (κ2) is 24.7. The highest BCUT2D eigenvalue weighted by atomic mass is 16.6. The predicted octanol–water partition coefficient (Wildman–Crippen LogP) is 16.7. The molecular weight excluding hydrogens is 853 g/mol. The maximum absolute atomic E-state index is 11.8. The molecule has 0 aliphatic rings. The van der Waals surface area contributed by atoms with E-state index in [1.807, 2.05) is 24.3 Å². The molecule has 0 aliphatic carbocycles. The van der Waals surface area contributed by atoms with Crippen LogP contribution in [0.4, 0.5) is 0 Å². The van der Waals surface area contributed by atoms with Crippen LogP contribution in [0, 0.1) is 6.92 Å². The third-order valence-electron chi connectivity index (χ3n) is 12.3. The molecule has 6 nitrogen and oxygen atoms in total. The van der Waals surface area contributed by atoms with Crippen molar-refractivity contribution >= 4 is 11.9 Å². The maximum atomic E-state index is 11.8. The molecule has 69 heavy (non-hydrogen) atoms. The number of esters is 2. The summed E-state index contributed by atoms with van der Waals surface area (Å²) in [5.41, 5.74) is 18.6. The van der Waals surface area contributed by atoms with E-state index in [2.05, 4.69) is 152 Å². The van der Waals surface area contributed by atoms with Gasteiger partial charge in [-0.1, -0.05) is 145 Å². The van der Waals surface area contributed by atoms with Crippen molar-refractivity contribution in [3.8, 4) is 56.0 Å². The predicted molar refractivity (Wildman–Crippen MR) is 286 cm³/mol. The second-order valence-corrected chi connectivity index (χ2v) is 17.5. The van der Waals surface area contributed by atoms with E-state index in [1.54, 1.807) is 41.5 Å². The summed E-state index contributed by atoms with van der Waals surface area (Å²) in [4.78, 5) is 23.5. The molecule has 0 bridgehead atoms. The van der Waals surface area contributed by atoms with Gasteiger partial charge in [0.15, 0.2) is 0 Å². The molecule has 6 aromatic rings. The standard InChI is InChI=1S/C32H36O3.C31H34O3/c1-8-24-11-13-27(14-12-24)30-19-26(10-3)31(20-25(30)9-2)28-15-17-29(18-16-28)34-22(6)23(7)35-32(33)21(4)5;1-8-24-10-12-26(13-11-24)29-19-25(9-2)30(18-21(29)5)27-14-16-28(17-15-27)33-22(6)23(7)34-31(32)20(3)4/h11-20H,4,8-10H2,1-3,5-7H3;10-19H,3,8-9H2,1-2,4-7H3/b2*23-22+. The zero-order valence-corrected chi connectivity index (χ0v) is 42.9. The molecule has 0 heterocycles. The number of ether oxygens (including phenoxy) is 4. The van der Waals surface area contributed by atoms with E-state index in [-0.39, 0.29) is 0 Å². The molecular formula is C63H70O6. The number of carbonyl (C=O) groups is 2. The van der Waals surface area contributed by atoms with Crippen LogP contribution in [-0.2, 0) is 51.2 Å². The fourth-order valence-corrected chi connectivity index (χ4v) is 7.78. The van der Waals surface area contributed by atoms with E-state index < -0.39 is 11.9 Å². The van der Waals surface area contributed by atoms with Gasteiger partial charge in [-0.2, -0.15) is 0 Å². The highest BCUT2D eigenvalue weighted by Crippen LogP contribution is 2.36. The van der Waals surface area contributed by atoms with Crippen LogP contribution in [0.15, 0.2) is 169 Å². The minimum Gasteiger partial charge on any atom is -0.459 e. The van der Waals surface area contributed by atoms with Gasteiger partial charge in [-0.3, -0.25) is 0 Å².